The van der Waals surface area contributed by atoms with E-state index in [9.17, 15) is 14.0 Å². The molecule has 3 aromatic rings. The fourth-order valence-corrected chi connectivity index (χ4v) is 3.00. The van der Waals surface area contributed by atoms with Gasteiger partial charge in [-0.25, -0.2) is 13.9 Å². The van der Waals surface area contributed by atoms with E-state index in [4.69, 9.17) is 0 Å². The van der Waals surface area contributed by atoms with E-state index >= 15 is 0 Å². The van der Waals surface area contributed by atoms with Crippen molar-refractivity contribution in [3.8, 4) is 16.9 Å². The molecule has 0 spiro atoms. The van der Waals surface area contributed by atoms with Crippen LogP contribution in [0.5, 0.6) is 0 Å². The number of aromatic nitrogens is 2. The molecule has 0 bridgehead atoms. The summed E-state index contributed by atoms with van der Waals surface area (Å²) in [6.45, 7) is 0. The molecule has 3 amide bonds. The minimum atomic E-state index is -0.862. The number of carbonyl (C=O) groups excluding carboxylic acids is 2. The molecular formula is C19H16FN5O2. The molecule has 27 heavy (non-hydrogen) atoms. The fraction of sp³-hybridized carbons (Fsp3) is 0.105. The Hall–Kier alpha value is -3.68. The number of benzene rings is 2. The van der Waals surface area contributed by atoms with Crippen LogP contribution >= 0.6 is 0 Å². The van der Waals surface area contributed by atoms with Gasteiger partial charge in [-0.2, -0.15) is 5.10 Å². The lowest BCUT2D eigenvalue weighted by molar-refractivity contribution is -0.120. The minimum Gasteiger partial charge on any atom is -0.388 e. The van der Waals surface area contributed by atoms with Crippen molar-refractivity contribution in [2.45, 2.75) is 6.04 Å². The Morgan fingerprint density at radius 3 is 2.59 bits per heavy atom. The predicted molar refractivity (Wildman–Crippen MR) is 97.9 cm³/mol. The second-order valence-electron chi connectivity index (χ2n) is 6.08. The third kappa shape index (κ3) is 3.12. The van der Waals surface area contributed by atoms with Crippen LogP contribution in [-0.4, -0.2) is 28.8 Å². The number of amides is 3. The molecule has 0 aliphatic carbocycles. The number of nitrogens with zero attached hydrogens (tertiary/aromatic N) is 2. The van der Waals surface area contributed by atoms with Crippen molar-refractivity contribution < 1.29 is 14.0 Å². The number of rotatable bonds is 4. The summed E-state index contributed by atoms with van der Waals surface area (Å²) in [7, 11) is 1.82. The van der Waals surface area contributed by atoms with Crippen LogP contribution in [-0.2, 0) is 4.79 Å². The smallest absolute Gasteiger partial charge is 0.322 e. The Bertz CT molecular complexity index is 1030. The third-order valence-electron chi connectivity index (χ3n) is 4.34. The first kappa shape index (κ1) is 16.8. The second-order valence-corrected chi connectivity index (χ2v) is 6.08. The molecule has 7 nitrogen and oxygen atoms in total. The van der Waals surface area contributed by atoms with E-state index in [-0.39, 0.29) is 5.82 Å². The van der Waals surface area contributed by atoms with Gasteiger partial charge in [0.05, 0.1) is 11.4 Å². The Balaban J connectivity index is 1.85. The van der Waals surface area contributed by atoms with E-state index in [1.54, 1.807) is 23.0 Å². The zero-order chi connectivity index (χ0) is 19.0. The molecular weight excluding hydrogens is 349 g/mol. The normalized spacial score (nSPS) is 16.1. The number of urea groups is 1. The van der Waals surface area contributed by atoms with Crippen molar-refractivity contribution in [3.63, 3.8) is 0 Å². The summed E-state index contributed by atoms with van der Waals surface area (Å²) in [5, 5.41) is 12.5. The molecule has 136 valence electrons. The molecule has 1 aliphatic rings. The number of hydrogen-bond donors (Lipinski definition) is 3. The third-order valence-corrected chi connectivity index (χ3v) is 4.34. The number of anilines is 1. The Morgan fingerprint density at radius 2 is 1.93 bits per heavy atom. The predicted octanol–water partition coefficient (Wildman–Crippen LogP) is 2.60. The van der Waals surface area contributed by atoms with Crippen LogP contribution in [0, 0.1) is 5.82 Å². The highest BCUT2D eigenvalue weighted by molar-refractivity contribution is 6.05. The number of nitrogens with one attached hydrogen (secondary N) is 3. The maximum Gasteiger partial charge on any atom is 0.322 e. The average Bonchev–Trinajstić information content (AvgIpc) is 3.25. The Kier molecular flexibility index (Phi) is 4.08. The molecule has 1 aromatic heterocycles. The van der Waals surface area contributed by atoms with Crippen LogP contribution in [0.25, 0.3) is 16.9 Å². The molecule has 1 fully saturated rings. The molecule has 0 radical (unpaired) electrons. The molecule has 2 heterocycles. The molecule has 1 atom stereocenters. The first-order chi connectivity index (χ1) is 13.0. The van der Waals surface area contributed by atoms with Crippen molar-refractivity contribution >= 4 is 17.6 Å². The molecule has 1 aliphatic heterocycles. The average molecular weight is 365 g/mol. The highest BCUT2D eigenvalue weighted by atomic mass is 19.1. The van der Waals surface area contributed by atoms with E-state index in [2.05, 4.69) is 21.0 Å². The van der Waals surface area contributed by atoms with Crippen LogP contribution < -0.4 is 16.0 Å². The zero-order valence-electron chi connectivity index (χ0n) is 14.4. The molecule has 2 aromatic carbocycles. The van der Waals surface area contributed by atoms with E-state index in [0.29, 0.717) is 16.8 Å². The topological polar surface area (TPSA) is 88.0 Å². The quantitative estimate of drug-likeness (QED) is 0.620. The van der Waals surface area contributed by atoms with Gasteiger partial charge < -0.3 is 10.6 Å². The molecule has 0 saturated carbocycles. The van der Waals surface area contributed by atoms with Gasteiger partial charge in [0.1, 0.15) is 11.9 Å². The maximum absolute atomic E-state index is 13.3. The van der Waals surface area contributed by atoms with Crippen LogP contribution in [0.1, 0.15) is 11.6 Å². The van der Waals surface area contributed by atoms with Gasteiger partial charge in [0.2, 0.25) is 0 Å². The summed E-state index contributed by atoms with van der Waals surface area (Å²) in [4.78, 5) is 23.7. The highest BCUT2D eigenvalue weighted by Crippen LogP contribution is 2.30. The number of carbonyl (C=O) groups is 2. The summed E-state index contributed by atoms with van der Waals surface area (Å²) < 4.78 is 14.9. The monoisotopic (exact) mass is 365 g/mol. The van der Waals surface area contributed by atoms with Gasteiger partial charge in [0, 0.05) is 30.1 Å². The summed E-state index contributed by atoms with van der Waals surface area (Å²) in [5.74, 6) is -0.819. The molecule has 8 heteroatoms. The van der Waals surface area contributed by atoms with E-state index in [1.165, 1.54) is 12.1 Å². The van der Waals surface area contributed by atoms with Crippen molar-refractivity contribution in [1.82, 2.24) is 20.4 Å². The van der Waals surface area contributed by atoms with Gasteiger partial charge in [0.15, 0.2) is 0 Å². The first-order valence-corrected chi connectivity index (χ1v) is 8.30. The lowest BCUT2D eigenvalue weighted by atomic mass is 10.0. The summed E-state index contributed by atoms with van der Waals surface area (Å²) >= 11 is 0. The van der Waals surface area contributed by atoms with E-state index < -0.39 is 18.0 Å². The van der Waals surface area contributed by atoms with E-state index in [1.807, 2.05) is 31.3 Å². The SMILES string of the molecule is CNc1cccc(-n2cc(C3NC(=O)NC3=O)c(-c3ccc(F)cc3)n2)c1. The van der Waals surface area contributed by atoms with Crippen LogP contribution in [0.4, 0.5) is 14.9 Å². The molecule has 3 N–H and O–H groups in total. The Labute approximate surface area is 154 Å². The number of imide groups is 1. The van der Waals surface area contributed by atoms with Gasteiger partial charge in [-0.3, -0.25) is 10.1 Å². The van der Waals surface area contributed by atoms with Crippen LogP contribution in [0.3, 0.4) is 0 Å². The van der Waals surface area contributed by atoms with Crippen LogP contribution in [0.2, 0.25) is 0 Å². The Morgan fingerprint density at radius 1 is 1.15 bits per heavy atom. The lowest BCUT2D eigenvalue weighted by Gasteiger charge is -2.07. The van der Waals surface area contributed by atoms with Gasteiger partial charge in [-0.05, 0) is 42.5 Å². The van der Waals surface area contributed by atoms with Gasteiger partial charge >= 0.3 is 6.03 Å². The van der Waals surface area contributed by atoms with Crippen molar-refractivity contribution in [2.24, 2.45) is 0 Å². The van der Waals surface area contributed by atoms with Crippen molar-refractivity contribution in [1.29, 1.82) is 0 Å². The largest absolute Gasteiger partial charge is 0.388 e. The molecule has 4 rings (SSSR count). The second kappa shape index (κ2) is 6.56. The molecule has 1 saturated heterocycles. The van der Waals surface area contributed by atoms with Crippen LogP contribution in [0.15, 0.2) is 54.7 Å². The van der Waals surface area contributed by atoms with E-state index in [0.717, 1.165) is 11.4 Å². The van der Waals surface area contributed by atoms with Gasteiger partial charge in [0.25, 0.3) is 5.91 Å². The summed E-state index contributed by atoms with van der Waals surface area (Å²) in [6, 6.07) is 12.0. The fourth-order valence-electron chi connectivity index (χ4n) is 3.00. The van der Waals surface area contributed by atoms with Crippen molar-refractivity contribution in [3.05, 3.63) is 66.1 Å². The summed E-state index contributed by atoms with van der Waals surface area (Å²) in [5.41, 5.74) is 3.34. The standard InChI is InChI=1S/C19H16FN5O2/c1-21-13-3-2-4-14(9-13)25-10-15(17-18(26)23-19(27)22-17)16(24-25)11-5-7-12(20)8-6-11/h2-10,17,21H,1H3,(H2,22,23,26,27). The van der Waals surface area contributed by atoms with Gasteiger partial charge in [-0.15, -0.1) is 0 Å². The zero-order valence-corrected chi connectivity index (χ0v) is 14.4. The number of halogens is 1. The highest BCUT2D eigenvalue weighted by Gasteiger charge is 2.34. The van der Waals surface area contributed by atoms with Crippen molar-refractivity contribution in [2.75, 3.05) is 12.4 Å². The lowest BCUT2D eigenvalue weighted by Crippen LogP contribution is -2.22. The summed E-state index contributed by atoms with van der Waals surface area (Å²) in [6.07, 6.45) is 1.70. The minimum absolute atomic E-state index is 0.367. The first-order valence-electron chi connectivity index (χ1n) is 8.30. The maximum atomic E-state index is 13.3. The molecule has 1 unspecified atom stereocenters. The number of hydrogen-bond acceptors (Lipinski definition) is 4. The van der Waals surface area contributed by atoms with Gasteiger partial charge in [-0.1, -0.05) is 6.07 Å².